The number of aromatic nitrogens is 1. The van der Waals surface area contributed by atoms with E-state index in [1.54, 1.807) is 11.3 Å². The Morgan fingerprint density at radius 1 is 0.941 bits per heavy atom. The molecule has 4 N–H and O–H groups in total. The van der Waals surface area contributed by atoms with E-state index >= 15 is 0 Å². The number of hydrogen-bond acceptors (Lipinski definition) is 12. The summed E-state index contributed by atoms with van der Waals surface area (Å²) < 4.78 is 26.4. The third-order valence-corrected chi connectivity index (χ3v) is 9.05. The third-order valence-electron chi connectivity index (χ3n) is 8.07. The number of thiazole rings is 1. The van der Waals surface area contributed by atoms with Crippen molar-refractivity contribution >= 4 is 35.2 Å². The molecular weight excluding hydrogens is 682 g/mol. The molecule has 2 aromatic rings. The monoisotopic (exact) mass is 735 g/mol. The van der Waals surface area contributed by atoms with E-state index in [0.29, 0.717) is 26.4 Å². The third kappa shape index (κ3) is 13.8. The standard InChI is InChI=1S/C35H53N5O10S/c1-23(25-7-9-26(10-8-25)30-24(2)37-22-51-30)38-32(43)28-19-27(41)20-40(28)33(44)31(35(3,4)5)39-29(42)21-49-16-15-47-12-11-46-13-14-48-17-18-50-34(45)36-6/h7-10,22-23,27-28,31,41H,11-21H2,1-6H3,(H,36,45)(H,38,43)(H,39,42)/t23?,27-,28+,31?/m1/s1. The summed E-state index contributed by atoms with van der Waals surface area (Å²) in [5.74, 6) is -1.31. The summed E-state index contributed by atoms with van der Waals surface area (Å²) in [6, 6.07) is 5.70. The molecule has 4 atom stereocenters. The van der Waals surface area contributed by atoms with Crippen molar-refractivity contribution in [1.82, 2.24) is 25.8 Å². The molecule has 4 amide bonds. The number of carbonyl (C=O) groups is 4. The molecule has 3 rings (SSSR count). The van der Waals surface area contributed by atoms with Crippen molar-refractivity contribution in [3.05, 3.63) is 41.0 Å². The second-order valence-electron chi connectivity index (χ2n) is 13.2. The lowest BCUT2D eigenvalue weighted by molar-refractivity contribution is -0.144. The van der Waals surface area contributed by atoms with Gasteiger partial charge in [-0.05, 0) is 30.4 Å². The smallest absolute Gasteiger partial charge is 0.406 e. The van der Waals surface area contributed by atoms with Gasteiger partial charge in [0, 0.05) is 20.0 Å². The molecule has 2 unspecified atom stereocenters. The molecule has 0 radical (unpaired) electrons. The van der Waals surface area contributed by atoms with Crippen molar-refractivity contribution in [2.24, 2.45) is 5.41 Å². The number of likely N-dealkylation sites (tertiary alicyclic amines) is 1. The van der Waals surface area contributed by atoms with Crippen LogP contribution in [0, 0.1) is 12.3 Å². The fourth-order valence-corrected chi connectivity index (χ4v) is 6.12. The number of carbonyl (C=O) groups excluding carboxylic acids is 4. The summed E-state index contributed by atoms with van der Waals surface area (Å²) in [7, 11) is 1.48. The summed E-state index contributed by atoms with van der Waals surface area (Å²) in [5, 5.41) is 18.6. The average Bonchev–Trinajstić information content (AvgIpc) is 3.71. The normalized spacial score (nSPS) is 17.1. The molecule has 1 aromatic carbocycles. The molecule has 0 spiro atoms. The Kier molecular flexibility index (Phi) is 17.2. The predicted molar refractivity (Wildman–Crippen MR) is 190 cm³/mol. The molecule has 284 valence electrons. The van der Waals surface area contributed by atoms with Crippen LogP contribution in [0.15, 0.2) is 29.8 Å². The van der Waals surface area contributed by atoms with Gasteiger partial charge in [0.15, 0.2) is 0 Å². The van der Waals surface area contributed by atoms with Crippen LogP contribution in [0.5, 0.6) is 0 Å². The van der Waals surface area contributed by atoms with Crippen molar-refractivity contribution in [2.45, 2.75) is 65.3 Å². The Morgan fingerprint density at radius 2 is 1.53 bits per heavy atom. The van der Waals surface area contributed by atoms with E-state index in [2.05, 4.69) is 20.9 Å². The maximum atomic E-state index is 13.9. The van der Waals surface area contributed by atoms with E-state index in [4.69, 9.17) is 23.7 Å². The topological polar surface area (TPSA) is 187 Å². The number of nitrogens with one attached hydrogen (secondary N) is 3. The van der Waals surface area contributed by atoms with Gasteiger partial charge < -0.3 is 49.6 Å². The first-order chi connectivity index (χ1) is 24.3. The number of aryl methyl sites for hydroxylation is 1. The van der Waals surface area contributed by atoms with Gasteiger partial charge in [0.2, 0.25) is 17.7 Å². The lowest BCUT2D eigenvalue weighted by Crippen LogP contribution is -2.58. The SMILES string of the molecule is CNC(=O)OCCOCCOCCOCCOCC(=O)NC(C(=O)N1C[C@H](O)C[C@H]1C(=O)NC(C)c1ccc(-c2scnc2C)cc1)C(C)(C)C. The van der Waals surface area contributed by atoms with E-state index in [1.807, 2.05) is 64.4 Å². The summed E-state index contributed by atoms with van der Waals surface area (Å²) in [4.78, 5) is 57.9. The summed E-state index contributed by atoms with van der Waals surface area (Å²) >= 11 is 1.57. The zero-order valence-electron chi connectivity index (χ0n) is 30.4. The van der Waals surface area contributed by atoms with Crippen molar-refractivity contribution in [1.29, 1.82) is 0 Å². The van der Waals surface area contributed by atoms with Crippen LogP contribution >= 0.6 is 11.3 Å². The van der Waals surface area contributed by atoms with Crippen LogP contribution in [0.4, 0.5) is 4.79 Å². The van der Waals surface area contributed by atoms with Gasteiger partial charge in [-0.2, -0.15) is 0 Å². The quantitative estimate of drug-likeness (QED) is 0.146. The highest BCUT2D eigenvalue weighted by atomic mass is 32.1. The number of aliphatic hydroxyl groups is 1. The highest BCUT2D eigenvalue weighted by Crippen LogP contribution is 2.29. The molecule has 1 aromatic heterocycles. The van der Waals surface area contributed by atoms with E-state index in [-0.39, 0.29) is 57.9 Å². The van der Waals surface area contributed by atoms with Crippen LogP contribution in [0.25, 0.3) is 10.4 Å². The van der Waals surface area contributed by atoms with Gasteiger partial charge in [-0.25, -0.2) is 9.78 Å². The van der Waals surface area contributed by atoms with Gasteiger partial charge >= 0.3 is 6.09 Å². The number of hydrogen-bond donors (Lipinski definition) is 4. The Hall–Kier alpha value is -3.67. The summed E-state index contributed by atoms with van der Waals surface area (Å²) in [5.41, 5.74) is 4.02. The number of rotatable bonds is 20. The van der Waals surface area contributed by atoms with Crippen molar-refractivity contribution < 1.29 is 48.0 Å². The summed E-state index contributed by atoms with van der Waals surface area (Å²) in [6.07, 6.45) is -1.29. The molecule has 0 aliphatic carbocycles. The van der Waals surface area contributed by atoms with E-state index < -0.39 is 41.5 Å². The Bertz CT molecular complexity index is 1400. The first-order valence-corrected chi connectivity index (χ1v) is 17.9. The molecule has 0 bridgehead atoms. The van der Waals surface area contributed by atoms with E-state index in [0.717, 1.165) is 21.7 Å². The molecule has 51 heavy (non-hydrogen) atoms. The van der Waals surface area contributed by atoms with Crippen LogP contribution < -0.4 is 16.0 Å². The number of β-amino-alcohol motifs (C(OH)–C–C–N with tert-alkyl or cyclic N) is 1. The number of amides is 4. The zero-order valence-corrected chi connectivity index (χ0v) is 31.2. The van der Waals surface area contributed by atoms with Crippen LogP contribution in [0.2, 0.25) is 0 Å². The maximum Gasteiger partial charge on any atom is 0.406 e. The Morgan fingerprint density at radius 3 is 2.08 bits per heavy atom. The Labute approximate surface area is 303 Å². The number of nitrogens with zero attached hydrogens (tertiary/aromatic N) is 2. The predicted octanol–water partition coefficient (Wildman–Crippen LogP) is 2.21. The van der Waals surface area contributed by atoms with Gasteiger partial charge in [0.1, 0.15) is 25.3 Å². The molecule has 1 fully saturated rings. The second kappa shape index (κ2) is 21.0. The molecule has 0 saturated carbocycles. The first kappa shape index (κ1) is 41.7. The van der Waals surface area contributed by atoms with Gasteiger partial charge in [-0.1, -0.05) is 45.0 Å². The zero-order chi connectivity index (χ0) is 37.4. The van der Waals surface area contributed by atoms with Crippen LogP contribution in [0.3, 0.4) is 0 Å². The fraction of sp³-hybridized carbons (Fsp3) is 0.629. The highest BCUT2D eigenvalue weighted by Gasteiger charge is 2.44. The number of alkyl carbamates (subject to hydrolysis) is 1. The lowest BCUT2D eigenvalue weighted by Gasteiger charge is -2.35. The molecule has 1 aliphatic rings. The fourth-order valence-electron chi connectivity index (χ4n) is 5.31. The molecule has 16 heteroatoms. The minimum atomic E-state index is -0.963. The minimum absolute atomic E-state index is 0.0185. The maximum absolute atomic E-state index is 13.9. The lowest BCUT2D eigenvalue weighted by atomic mass is 9.85. The van der Waals surface area contributed by atoms with E-state index in [9.17, 15) is 24.3 Å². The van der Waals surface area contributed by atoms with Crippen molar-refractivity contribution in [2.75, 3.05) is 73.1 Å². The highest BCUT2D eigenvalue weighted by molar-refractivity contribution is 7.13. The van der Waals surface area contributed by atoms with Crippen molar-refractivity contribution in [3.8, 4) is 10.4 Å². The van der Waals surface area contributed by atoms with Gasteiger partial charge in [-0.15, -0.1) is 11.3 Å². The van der Waals surface area contributed by atoms with Gasteiger partial charge in [-0.3, -0.25) is 14.4 Å². The Balaban J connectivity index is 1.40. The average molecular weight is 736 g/mol. The summed E-state index contributed by atoms with van der Waals surface area (Å²) in [6.45, 7) is 11.2. The number of benzene rings is 1. The van der Waals surface area contributed by atoms with E-state index in [1.165, 1.54) is 11.9 Å². The van der Waals surface area contributed by atoms with Crippen LogP contribution in [0.1, 0.15) is 51.4 Å². The largest absolute Gasteiger partial charge is 0.447 e. The molecule has 1 aliphatic heterocycles. The molecular formula is C35H53N5O10S. The van der Waals surface area contributed by atoms with Gasteiger partial charge in [0.05, 0.1) is 74.5 Å². The second-order valence-corrected chi connectivity index (χ2v) is 14.0. The molecule has 1 saturated heterocycles. The van der Waals surface area contributed by atoms with Gasteiger partial charge in [0.25, 0.3) is 0 Å². The first-order valence-electron chi connectivity index (χ1n) is 17.1. The minimum Gasteiger partial charge on any atom is -0.447 e. The van der Waals surface area contributed by atoms with Crippen LogP contribution in [-0.4, -0.2) is 130 Å². The number of aliphatic hydroxyl groups excluding tert-OH is 1. The number of ether oxygens (including phenoxy) is 5. The van der Waals surface area contributed by atoms with Crippen LogP contribution in [-0.2, 0) is 38.1 Å². The van der Waals surface area contributed by atoms with Crippen molar-refractivity contribution in [3.63, 3.8) is 0 Å². The molecule has 2 heterocycles. The molecule has 15 nitrogen and oxygen atoms in total.